The van der Waals surface area contributed by atoms with E-state index in [1.807, 2.05) is 0 Å². The molecule has 0 spiro atoms. The molecular formula is C6H14N2O3S. The van der Waals surface area contributed by atoms with E-state index in [9.17, 15) is 8.42 Å². The molecule has 0 aromatic heterocycles. The quantitative estimate of drug-likeness (QED) is 0.594. The van der Waals surface area contributed by atoms with Gasteiger partial charge in [0, 0.05) is 27.2 Å². The van der Waals surface area contributed by atoms with Gasteiger partial charge in [-0.05, 0) is 6.42 Å². The highest BCUT2D eigenvalue weighted by Gasteiger charge is 2.25. The van der Waals surface area contributed by atoms with Crippen LogP contribution in [0.2, 0.25) is 0 Å². The number of nitrogens with zero attached hydrogens (tertiary/aromatic N) is 2. The van der Waals surface area contributed by atoms with Crippen LogP contribution in [0.4, 0.5) is 0 Å². The molecule has 0 aromatic rings. The molecule has 6 heteroatoms. The molecule has 0 saturated carbocycles. The second kappa shape index (κ2) is 3.69. The summed E-state index contributed by atoms with van der Waals surface area (Å²) in [5.74, 6) is 0. The molecule has 0 bridgehead atoms. The molecule has 0 unspecified atom stereocenters. The highest BCUT2D eigenvalue weighted by molar-refractivity contribution is 7.86. The lowest BCUT2D eigenvalue weighted by molar-refractivity contribution is 0.0289. The minimum Gasteiger partial charge on any atom is -0.365 e. The third kappa shape index (κ3) is 1.95. The Morgan fingerprint density at radius 3 is 2.50 bits per heavy atom. The van der Waals surface area contributed by atoms with Crippen LogP contribution >= 0.6 is 0 Å². The van der Waals surface area contributed by atoms with E-state index in [0.29, 0.717) is 13.2 Å². The zero-order valence-electron chi connectivity index (χ0n) is 7.36. The maximum Gasteiger partial charge on any atom is 0.283 e. The summed E-state index contributed by atoms with van der Waals surface area (Å²) in [6.45, 7) is 1.39. The molecule has 0 amide bonds. The normalized spacial score (nSPS) is 21.6. The zero-order chi connectivity index (χ0) is 9.19. The predicted octanol–water partition coefficient (Wildman–Crippen LogP) is -0.527. The van der Waals surface area contributed by atoms with Crippen molar-refractivity contribution in [3.8, 4) is 0 Å². The van der Waals surface area contributed by atoms with Crippen molar-refractivity contribution in [3.05, 3.63) is 0 Å². The molecule has 72 valence electrons. The van der Waals surface area contributed by atoms with Crippen LogP contribution in [0, 0.1) is 0 Å². The summed E-state index contributed by atoms with van der Waals surface area (Å²) in [7, 11) is -0.223. The van der Waals surface area contributed by atoms with Gasteiger partial charge in [-0.15, -0.1) is 0 Å². The second-order valence-electron chi connectivity index (χ2n) is 2.86. The lowest BCUT2D eigenvalue weighted by Gasteiger charge is -2.28. The lowest BCUT2D eigenvalue weighted by atomic mass is 10.4. The van der Waals surface area contributed by atoms with E-state index in [1.165, 1.54) is 22.7 Å². The molecule has 0 radical (unpaired) electrons. The maximum atomic E-state index is 11.5. The van der Waals surface area contributed by atoms with Gasteiger partial charge in [0.05, 0.1) is 0 Å². The van der Waals surface area contributed by atoms with Crippen molar-refractivity contribution >= 4 is 10.2 Å². The molecule has 0 aliphatic carbocycles. The first-order valence-electron chi connectivity index (χ1n) is 3.80. The molecule has 1 aliphatic heterocycles. The van der Waals surface area contributed by atoms with Gasteiger partial charge in [0.2, 0.25) is 0 Å². The lowest BCUT2D eigenvalue weighted by Crippen LogP contribution is -2.44. The average molecular weight is 194 g/mol. The molecular weight excluding hydrogens is 180 g/mol. The van der Waals surface area contributed by atoms with Gasteiger partial charge >= 0.3 is 0 Å². The molecule has 5 nitrogen and oxygen atoms in total. The molecule has 1 rings (SSSR count). The van der Waals surface area contributed by atoms with Gasteiger partial charge in [-0.2, -0.15) is 17.0 Å². The van der Waals surface area contributed by atoms with Crippen LogP contribution in [0.5, 0.6) is 0 Å². The van der Waals surface area contributed by atoms with E-state index in [2.05, 4.69) is 0 Å². The Morgan fingerprint density at radius 1 is 1.42 bits per heavy atom. The number of hydrogen-bond donors (Lipinski definition) is 0. The number of ether oxygens (including phenoxy) is 1. The van der Waals surface area contributed by atoms with E-state index in [1.54, 1.807) is 0 Å². The smallest absolute Gasteiger partial charge is 0.283 e. The minimum absolute atomic E-state index is 0.181. The second-order valence-corrected chi connectivity index (χ2v) is 5.00. The van der Waals surface area contributed by atoms with Gasteiger partial charge in [-0.1, -0.05) is 0 Å². The molecule has 1 heterocycles. The summed E-state index contributed by atoms with van der Waals surface area (Å²) >= 11 is 0. The van der Waals surface area contributed by atoms with Crippen LogP contribution in [0.3, 0.4) is 0 Å². The SMILES string of the molecule is CN(C)S(=O)(=O)N1CCCOC1. The summed E-state index contributed by atoms with van der Waals surface area (Å²) in [4.78, 5) is 0. The molecule has 0 atom stereocenters. The van der Waals surface area contributed by atoms with E-state index in [4.69, 9.17) is 4.74 Å². The minimum atomic E-state index is -3.26. The van der Waals surface area contributed by atoms with Crippen molar-refractivity contribution in [3.63, 3.8) is 0 Å². The largest absolute Gasteiger partial charge is 0.365 e. The van der Waals surface area contributed by atoms with Crippen LogP contribution in [0.25, 0.3) is 0 Å². The first kappa shape index (κ1) is 9.91. The van der Waals surface area contributed by atoms with Gasteiger partial charge in [-0.25, -0.2) is 0 Å². The van der Waals surface area contributed by atoms with E-state index >= 15 is 0 Å². The number of rotatable bonds is 2. The van der Waals surface area contributed by atoms with Gasteiger partial charge in [-0.3, -0.25) is 0 Å². The highest BCUT2D eigenvalue weighted by Crippen LogP contribution is 2.09. The number of hydrogen-bond acceptors (Lipinski definition) is 3. The van der Waals surface area contributed by atoms with Crippen LogP contribution in [0.15, 0.2) is 0 Å². The van der Waals surface area contributed by atoms with Crippen molar-refractivity contribution in [2.75, 3.05) is 34.0 Å². The van der Waals surface area contributed by atoms with Crippen molar-refractivity contribution < 1.29 is 13.2 Å². The Balaban J connectivity index is 2.67. The van der Waals surface area contributed by atoms with Gasteiger partial charge in [0.15, 0.2) is 0 Å². The Hall–Kier alpha value is -0.170. The van der Waals surface area contributed by atoms with Gasteiger partial charge in [0.1, 0.15) is 6.73 Å². The third-order valence-electron chi connectivity index (χ3n) is 1.72. The monoisotopic (exact) mass is 194 g/mol. The fourth-order valence-electron chi connectivity index (χ4n) is 0.987. The Kier molecular flexibility index (Phi) is 3.05. The summed E-state index contributed by atoms with van der Waals surface area (Å²) in [5, 5.41) is 0. The van der Waals surface area contributed by atoms with Crippen molar-refractivity contribution in [2.45, 2.75) is 6.42 Å². The van der Waals surface area contributed by atoms with Crippen LogP contribution in [-0.2, 0) is 14.9 Å². The molecule has 1 saturated heterocycles. The molecule has 0 aromatic carbocycles. The molecule has 12 heavy (non-hydrogen) atoms. The van der Waals surface area contributed by atoms with Crippen molar-refractivity contribution in [1.82, 2.24) is 8.61 Å². The van der Waals surface area contributed by atoms with Crippen LogP contribution in [0.1, 0.15) is 6.42 Å². The Morgan fingerprint density at radius 2 is 2.08 bits per heavy atom. The first-order valence-corrected chi connectivity index (χ1v) is 5.20. The summed E-state index contributed by atoms with van der Waals surface area (Å²) in [5.41, 5.74) is 0. The van der Waals surface area contributed by atoms with E-state index in [-0.39, 0.29) is 6.73 Å². The van der Waals surface area contributed by atoms with Gasteiger partial charge < -0.3 is 4.74 Å². The van der Waals surface area contributed by atoms with Crippen LogP contribution in [-0.4, -0.2) is 51.0 Å². The third-order valence-corrected chi connectivity index (χ3v) is 3.58. The molecule has 1 fully saturated rings. The van der Waals surface area contributed by atoms with Gasteiger partial charge in [0.25, 0.3) is 10.2 Å². The Labute approximate surface area is 73.1 Å². The van der Waals surface area contributed by atoms with Crippen molar-refractivity contribution in [2.24, 2.45) is 0 Å². The van der Waals surface area contributed by atoms with Crippen molar-refractivity contribution in [1.29, 1.82) is 0 Å². The molecule has 1 aliphatic rings. The first-order chi connectivity index (χ1) is 5.55. The average Bonchev–Trinajstić information content (AvgIpc) is 2.06. The zero-order valence-corrected chi connectivity index (χ0v) is 8.17. The fraction of sp³-hybridized carbons (Fsp3) is 1.00. The summed E-state index contributed by atoms with van der Waals surface area (Å²) in [6.07, 6.45) is 0.771. The highest BCUT2D eigenvalue weighted by atomic mass is 32.2. The fourth-order valence-corrected chi connectivity index (χ4v) is 2.02. The summed E-state index contributed by atoms with van der Waals surface area (Å²) in [6, 6.07) is 0. The standard InChI is InChI=1S/C6H14N2O3S/c1-7(2)12(9,10)8-4-3-5-11-6-8/h3-6H2,1-2H3. The van der Waals surface area contributed by atoms with E-state index < -0.39 is 10.2 Å². The van der Waals surface area contributed by atoms with Crippen LogP contribution < -0.4 is 0 Å². The maximum absolute atomic E-state index is 11.5. The Bertz CT molecular complexity index is 231. The van der Waals surface area contributed by atoms with E-state index in [0.717, 1.165) is 6.42 Å². The topological polar surface area (TPSA) is 49.9 Å². The predicted molar refractivity (Wildman–Crippen MR) is 44.7 cm³/mol. The molecule has 0 N–H and O–H groups in total. The summed E-state index contributed by atoms with van der Waals surface area (Å²) < 4.78 is 30.5.